The fourth-order valence-electron chi connectivity index (χ4n) is 1.63. The Bertz CT molecular complexity index is 394. The quantitative estimate of drug-likeness (QED) is 0.635. The summed E-state index contributed by atoms with van der Waals surface area (Å²) in [5.74, 6) is 0.0648. The van der Waals surface area contributed by atoms with E-state index in [4.69, 9.17) is 10.8 Å². The number of rotatable bonds is 7. The van der Waals surface area contributed by atoms with Crippen molar-refractivity contribution in [2.24, 2.45) is 0 Å². The van der Waals surface area contributed by atoms with Gasteiger partial charge < -0.3 is 21.1 Å². The number of hydrogen-bond acceptors (Lipinski definition) is 6. The van der Waals surface area contributed by atoms with Crippen molar-refractivity contribution in [2.75, 3.05) is 37.9 Å². The number of aliphatic hydroxyl groups excluding tert-OH is 1. The molecule has 0 aromatic carbocycles. The Balaban J connectivity index is 2.67. The summed E-state index contributed by atoms with van der Waals surface area (Å²) in [5.41, 5.74) is 6.16. The van der Waals surface area contributed by atoms with Crippen molar-refractivity contribution in [2.45, 2.75) is 19.3 Å². The van der Waals surface area contributed by atoms with Crippen molar-refractivity contribution in [1.82, 2.24) is 9.69 Å². The number of amides is 1. The highest BCUT2D eigenvalue weighted by atomic mass is 32.1. The molecule has 7 heteroatoms. The van der Waals surface area contributed by atoms with E-state index in [-0.39, 0.29) is 18.3 Å². The molecule has 0 aliphatic rings. The topological polar surface area (TPSA) is 91.5 Å². The highest BCUT2D eigenvalue weighted by molar-refractivity contribution is 7.11. The number of hydrogen-bond donors (Lipinski definition) is 3. The number of aromatic nitrogens is 1. The predicted molar refractivity (Wildman–Crippen MR) is 74.1 cm³/mol. The number of aliphatic hydroxyl groups is 1. The number of anilines is 2. The van der Waals surface area contributed by atoms with Crippen LogP contribution in [0.2, 0.25) is 0 Å². The van der Waals surface area contributed by atoms with E-state index in [0.717, 1.165) is 30.8 Å². The summed E-state index contributed by atoms with van der Waals surface area (Å²) in [6, 6.07) is 0. The van der Waals surface area contributed by atoms with Gasteiger partial charge in [-0.05, 0) is 30.8 Å². The van der Waals surface area contributed by atoms with Crippen LogP contribution in [0.15, 0.2) is 0 Å². The molecule has 0 bridgehead atoms. The Morgan fingerprint density at radius 3 is 2.83 bits per heavy atom. The number of unbranched alkanes of at least 4 members (excludes halogenated alkanes) is 2. The van der Waals surface area contributed by atoms with Crippen LogP contribution in [0, 0.1) is 0 Å². The summed E-state index contributed by atoms with van der Waals surface area (Å²) in [7, 11) is 3.49. The van der Waals surface area contributed by atoms with Gasteiger partial charge >= 0.3 is 0 Å². The van der Waals surface area contributed by atoms with E-state index >= 15 is 0 Å². The van der Waals surface area contributed by atoms with E-state index in [0.29, 0.717) is 5.56 Å². The number of nitrogens with zero attached hydrogens (tertiary/aromatic N) is 2. The minimum absolute atomic E-state index is 0.210. The number of nitrogens with one attached hydrogen (secondary N) is 1. The van der Waals surface area contributed by atoms with Crippen molar-refractivity contribution in [3.8, 4) is 0 Å². The van der Waals surface area contributed by atoms with Crippen LogP contribution >= 0.6 is 11.5 Å². The van der Waals surface area contributed by atoms with E-state index in [1.807, 2.05) is 11.9 Å². The summed E-state index contributed by atoms with van der Waals surface area (Å²) < 4.78 is 4.03. The standard InChI is InChI=1S/C11H20N4O2S/c1-13-10(17)8-9(12)14-18-11(8)15(2)6-4-3-5-7-16/h16H,3-7H2,1-2H3,(H2,12,14)(H,13,17). The Labute approximate surface area is 111 Å². The molecule has 1 aromatic heterocycles. The van der Waals surface area contributed by atoms with Gasteiger partial charge in [-0.25, -0.2) is 0 Å². The molecule has 1 rings (SSSR count). The molecule has 4 N–H and O–H groups in total. The van der Waals surface area contributed by atoms with Crippen LogP contribution in [0.5, 0.6) is 0 Å². The van der Waals surface area contributed by atoms with Crippen LogP contribution in [-0.2, 0) is 0 Å². The lowest BCUT2D eigenvalue weighted by Crippen LogP contribution is -2.24. The first-order valence-electron chi connectivity index (χ1n) is 5.91. The van der Waals surface area contributed by atoms with Crippen LogP contribution in [0.3, 0.4) is 0 Å². The predicted octanol–water partition coefficient (Wildman–Crippen LogP) is 0.684. The second-order valence-electron chi connectivity index (χ2n) is 4.03. The number of nitrogens with two attached hydrogens (primary N) is 1. The van der Waals surface area contributed by atoms with E-state index in [2.05, 4.69) is 9.69 Å². The lowest BCUT2D eigenvalue weighted by molar-refractivity contribution is 0.0964. The zero-order valence-electron chi connectivity index (χ0n) is 10.8. The second-order valence-corrected chi connectivity index (χ2v) is 4.78. The van der Waals surface area contributed by atoms with Crippen molar-refractivity contribution in [3.63, 3.8) is 0 Å². The second kappa shape index (κ2) is 7.17. The van der Waals surface area contributed by atoms with E-state index < -0.39 is 0 Å². The summed E-state index contributed by atoms with van der Waals surface area (Å²) in [5, 5.41) is 12.1. The Morgan fingerprint density at radius 1 is 1.50 bits per heavy atom. The normalized spacial score (nSPS) is 10.4. The highest BCUT2D eigenvalue weighted by Crippen LogP contribution is 2.29. The van der Waals surface area contributed by atoms with Gasteiger partial charge in [0.1, 0.15) is 10.6 Å². The Hall–Kier alpha value is -1.34. The molecule has 1 heterocycles. The Kier molecular flexibility index (Phi) is 5.87. The first kappa shape index (κ1) is 14.7. The molecule has 0 atom stereocenters. The molecular formula is C11H20N4O2S. The zero-order valence-corrected chi connectivity index (χ0v) is 11.6. The van der Waals surface area contributed by atoms with E-state index in [9.17, 15) is 4.79 Å². The van der Waals surface area contributed by atoms with Gasteiger partial charge in [0.05, 0.1) is 0 Å². The van der Waals surface area contributed by atoms with Crippen LogP contribution in [0.1, 0.15) is 29.6 Å². The average Bonchev–Trinajstić information content (AvgIpc) is 2.75. The smallest absolute Gasteiger partial charge is 0.257 e. The maximum Gasteiger partial charge on any atom is 0.257 e. The minimum Gasteiger partial charge on any atom is -0.396 e. The Morgan fingerprint density at radius 2 is 2.22 bits per heavy atom. The van der Waals surface area contributed by atoms with Gasteiger partial charge in [-0.1, -0.05) is 0 Å². The molecule has 0 spiro atoms. The molecule has 0 fully saturated rings. The number of carbonyl (C=O) groups excluding carboxylic acids is 1. The maximum atomic E-state index is 11.7. The van der Waals surface area contributed by atoms with Crippen LogP contribution < -0.4 is 16.0 Å². The van der Waals surface area contributed by atoms with Crippen molar-refractivity contribution >= 4 is 28.3 Å². The monoisotopic (exact) mass is 272 g/mol. The molecule has 102 valence electrons. The molecule has 0 aliphatic heterocycles. The van der Waals surface area contributed by atoms with Gasteiger partial charge in [-0.2, -0.15) is 4.37 Å². The summed E-state index contributed by atoms with van der Waals surface area (Å²) in [6.45, 7) is 1.03. The van der Waals surface area contributed by atoms with Crippen molar-refractivity contribution in [3.05, 3.63) is 5.56 Å². The van der Waals surface area contributed by atoms with Crippen LogP contribution in [-0.4, -0.2) is 42.6 Å². The fraction of sp³-hybridized carbons (Fsp3) is 0.636. The summed E-state index contributed by atoms with van der Waals surface area (Å²) >= 11 is 1.23. The van der Waals surface area contributed by atoms with E-state index in [1.54, 1.807) is 7.05 Å². The van der Waals surface area contributed by atoms with Gasteiger partial charge in [0.25, 0.3) is 5.91 Å². The van der Waals surface area contributed by atoms with Gasteiger partial charge in [-0.15, -0.1) is 0 Å². The molecule has 0 unspecified atom stereocenters. The summed E-state index contributed by atoms with van der Waals surface area (Å²) in [4.78, 5) is 13.7. The highest BCUT2D eigenvalue weighted by Gasteiger charge is 2.20. The number of carbonyl (C=O) groups is 1. The largest absolute Gasteiger partial charge is 0.396 e. The summed E-state index contributed by atoms with van der Waals surface area (Å²) in [6.07, 6.45) is 2.73. The third-order valence-corrected chi connectivity index (χ3v) is 3.63. The minimum atomic E-state index is -0.210. The van der Waals surface area contributed by atoms with Crippen LogP contribution in [0.25, 0.3) is 0 Å². The fourth-order valence-corrected chi connectivity index (χ4v) is 2.43. The molecular weight excluding hydrogens is 252 g/mol. The van der Waals surface area contributed by atoms with Crippen molar-refractivity contribution in [1.29, 1.82) is 0 Å². The van der Waals surface area contributed by atoms with Crippen molar-refractivity contribution < 1.29 is 9.90 Å². The third-order valence-electron chi connectivity index (χ3n) is 2.65. The maximum absolute atomic E-state index is 11.7. The molecule has 1 aromatic rings. The van der Waals surface area contributed by atoms with Gasteiger partial charge in [0, 0.05) is 27.2 Å². The lowest BCUT2D eigenvalue weighted by Gasteiger charge is -2.17. The average molecular weight is 272 g/mol. The molecule has 0 saturated carbocycles. The SMILES string of the molecule is CNC(=O)c1c(N)nsc1N(C)CCCCCO. The first-order chi connectivity index (χ1) is 8.61. The molecule has 6 nitrogen and oxygen atoms in total. The number of nitrogen functional groups attached to an aromatic ring is 1. The zero-order chi connectivity index (χ0) is 13.5. The lowest BCUT2D eigenvalue weighted by atomic mass is 10.2. The third kappa shape index (κ3) is 3.58. The molecule has 18 heavy (non-hydrogen) atoms. The molecule has 0 saturated heterocycles. The van der Waals surface area contributed by atoms with E-state index in [1.165, 1.54) is 11.5 Å². The molecule has 0 radical (unpaired) electrons. The first-order valence-corrected chi connectivity index (χ1v) is 6.68. The molecule has 1 amide bonds. The van der Waals surface area contributed by atoms with Gasteiger partial charge in [0.2, 0.25) is 0 Å². The molecule has 0 aliphatic carbocycles. The van der Waals surface area contributed by atoms with Gasteiger partial charge in [0.15, 0.2) is 5.82 Å². The van der Waals surface area contributed by atoms with Crippen LogP contribution in [0.4, 0.5) is 10.8 Å². The van der Waals surface area contributed by atoms with Gasteiger partial charge in [-0.3, -0.25) is 4.79 Å².